The van der Waals surface area contributed by atoms with E-state index in [9.17, 15) is 53.5 Å². The molecular weight excluding hydrogens is 710 g/mol. The normalized spacial score (nSPS) is 19.5. The Hall–Kier alpha value is -4.18. The number of anilines is 1. The number of piperidine rings is 1. The molecular formula is C36H36F10N4O2. The third-order valence-corrected chi connectivity index (χ3v) is 9.58. The molecule has 2 saturated heterocycles. The smallest absolute Gasteiger partial charge is 0.335 e. The van der Waals surface area contributed by atoms with Crippen molar-refractivity contribution < 1.29 is 53.5 Å². The van der Waals surface area contributed by atoms with Crippen molar-refractivity contribution in [2.45, 2.75) is 63.7 Å². The largest absolute Gasteiger partial charge is 0.416 e. The Kier molecular flexibility index (Phi) is 11.3. The Labute approximate surface area is 293 Å². The van der Waals surface area contributed by atoms with Gasteiger partial charge in [-0.25, -0.2) is 4.39 Å². The van der Waals surface area contributed by atoms with Crippen LogP contribution in [0.4, 0.5) is 49.6 Å². The lowest BCUT2D eigenvalue weighted by Gasteiger charge is -2.46. The first kappa shape index (κ1) is 39.0. The van der Waals surface area contributed by atoms with Gasteiger partial charge in [-0.3, -0.25) is 19.4 Å². The zero-order chi connectivity index (χ0) is 38.2. The second kappa shape index (κ2) is 15.0. The van der Waals surface area contributed by atoms with Crippen LogP contribution in [0, 0.1) is 19.7 Å². The molecule has 5 rings (SSSR count). The molecule has 2 aliphatic rings. The molecule has 0 aliphatic carbocycles. The van der Waals surface area contributed by atoms with E-state index in [1.807, 2.05) is 36.9 Å². The standard InChI is InChI=1S/C36H36F10N4O2/c1-21-4-3-5-22(2)32(21)47-31(51)20-48-8-10-49(11-9-48)29-6-7-50(30(19-29)14-23-12-25(34(38,39)40)18-28(37)13-23)33(52)24-15-26(35(41,42)43)17-27(16-24)36(44,45)46/h3-5,12-13,15-18,29-30H,6-11,14,19-20H2,1-2H3,(H,47,51)/t29-,30+/m1/s1. The Morgan fingerprint density at radius 1 is 0.750 bits per heavy atom. The zero-order valence-electron chi connectivity index (χ0n) is 28.2. The highest BCUT2D eigenvalue weighted by molar-refractivity contribution is 5.95. The predicted molar refractivity (Wildman–Crippen MR) is 172 cm³/mol. The van der Waals surface area contributed by atoms with E-state index in [0.29, 0.717) is 50.4 Å². The molecule has 16 heteroatoms. The first-order valence-corrected chi connectivity index (χ1v) is 16.5. The lowest BCUT2D eigenvalue weighted by Crippen LogP contribution is -2.57. The SMILES string of the molecule is Cc1cccc(C)c1NC(=O)CN1CCN([C@@H]2CCN(C(=O)c3cc(C(F)(F)F)cc(C(F)(F)F)c3)[C@@H](Cc3cc(F)cc(C(F)(F)F)c3)C2)CC1. The number of halogens is 10. The molecule has 0 radical (unpaired) electrons. The summed E-state index contributed by atoms with van der Waals surface area (Å²) < 4.78 is 137. The van der Waals surface area contributed by atoms with Gasteiger partial charge in [-0.05, 0) is 86.2 Å². The summed E-state index contributed by atoms with van der Waals surface area (Å²) in [4.78, 5) is 31.7. The zero-order valence-corrected chi connectivity index (χ0v) is 28.2. The van der Waals surface area contributed by atoms with E-state index in [0.717, 1.165) is 27.8 Å². The van der Waals surface area contributed by atoms with Gasteiger partial charge in [0.1, 0.15) is 5.82 Å². The predicted octanol–water partition coefficient (Wildman–Crippen LogP) is 7.97. The number of hydrogen-bond acceptors (Lipinski definition) is 4. The fourth-order valence-electron chi connectivity index (χ4n) is 6.95. The summed E-state index contributed by atoms with van der Waals surface area (Å²) in [5, 5.41) is 2.95. The van der Waals surface area contributed by atoms with E-state index >= 15 is 0 Å². The minimum atomic E-state index is -5.21. The van der Waals surface area contributed by atoms with Crippen LogP contribution < -0.4 is 5.32 Å². The lowest BCUT2D eigenvalue weighted by molar-refractivity contribution is -0.143. The number of hydrogen-bond donors (Lipinski definition) is 1. The molecule has 0 saturated carbocycles. The van der Waals surface area contributed by atoms with Crippen LogP contribution in [0.2, 0.25) is 0 Å². The van der Waals surface area contributed by atoms with Gasteiger partial charge in [-0.15, -0.1) is 0 Å². The minimum absolute atomic E-state index is 0.0983. The van der Waals surface area contributed by atoms with Crippen molar-refractivity contribution in [1.29, 1.82) is 0 Å². The molecule has 52 heavy (non-hydrogen) atoms. The van der Waals surface area contributed by atoms with Crippen LogP contribution in [0.1, 0.15) is 56.6 Å². The molecule has 2 aliphatic heterocycles. The van der Waals surface area contributed by atoms with Crippen molar-refractivity contribution in [1.82, 2.24) is 14.7 Å². The van der Waals surface area contributed by atoms with Crippen LogP contribution in [0.3, 0.4) is 0 Å². The number of nitrogens with zero attached hydrogens (tertiary/aromatic N) is 3. The quantitative estimate of drug-likeness (QED) is 0.250. The second-order valence-electron chi connectivity index (χ2n) is 13.3. The summed E-state index contributed by atoms with van der Waals surface area (Å²) in [6.07, 6.45) is -15.3. The molecule has 1 N–H and O–H groups in total. The Bertz CT molecular complexity index is 1730. The van der Waals surface area contributed by atoms with Crippen molar-refractivity contribution in [2.24, 2.45) is 0 Å². The van der Waals surface area contributed by atoms with Crippen molar-refractivity contribution >= 4 is 17.5 Å². The highest BCUT2D eigenvalue weighted by Gasteiger charge is 2.41. The molecule has 2 amide bonds. The first-order chi connectivity index (χ1) is 24.2. The maximum atomic E-state index is 14.4. The lowest BCUT2D eigenvalue weighted by atomic mass is 9.89. The Morgan fingerprint density at radius 3 is 1.87 bits per heavy atom. The third kappa shape index (κ3) is 9.43. The van der Waals surface area contributed by atoms with Crippen LogP contribution in [-0.2, 0) is 29.7 Å². The van der Waals surface area contributed by atoms with Gasteiger partial charge in [0.15, 0.2) is 0 Å². The summed E-state index contributed by atoms with van der Waals surface area (Å²) in [6, 6.07) is 6.80. The number of aryl methyl sites for hydroxylation is 2. The summed E-state index contributed by atoms with van der Waals surface area (Å²) in [7, 11) is 0. The molecule has 6 nitrogen and oxygen atoms in total. The van der Waals surface area contributed by atoms with Crippen LogP contribution in [0.25, 0.3) is 0 Å². The average molecular weight is 747 g/mol. The maximum Gasteiger partial charge on any atom is 0.416 e. The number of carbonyl (C=O) groups is 2. The van der Waals surface area contributed by atoms with Gasteiger partial charge >= 0.3 is 18.5 Å². The number of likely N-dealkylation sites (tertiary alicyclic amines) is 1. The fraction of sp³-hybridized carbons (Fsp3) is 0.444. The van der Waals surface area contributed by atoms with Gasteiger partial charge in [0.25, 0.3) is 5.91 Å². The molecule has 0 aromatic heterocycles. The third-order valence-electron chi connectivity index (χ3n) is 9.58. The van der Waals surface area contributed by atoms with Gasteiger partial charge in [-0.1, -0.05) is 18.2 Å². The van der Waals surface area contributed by atoms with Crippen LogP contribution in [0.5, 0.6) is 0 Å². The highest BCUT2D eigenvalue weighted by Crippen LogP contribution is 2.38. The first-order valence-electron chi connectivity index (χ1n) is 16.5. The van der Waals surface area contributed by atoms with Crippen LogP contribution in [-0.4, -0.2) is 77.9 Å². The number of alkyl halides is 9. The number of para-hydroxylation sites is 1. The molecule has 3 aromatic carbocycles. The van der Waals surface area contributed by atoms with Gasteiger partial charge in [0.2, 0.25) is 5.91 Å². The van der Waals surface area contributed by atoms with Gasteiger partial charge < -0.3 is 10.2 Å². The van der Waals surface area contributed by atoms with Crippen molar-refractivity contribution in [2.75, 3.05) is 44.6 Å². The van der Waals surface area contributed by atoms with E-state index in [1.165, 1.54) is 0 Å². The fourth-order valence-corrected chi connectivity index (χ4v) is 6.95. The summed E-state index contributed by atoms with van der Waals surface area (Å²) in [6.45, 7) is 5.67. The molecule has 282 valence electrons. The molecule has 0 bridgehead atoms. The molecule has 2 fully saturated rings. The number of nitrogens with one attached hydrogen (secondary N) is 1. The minimum Gasteiger partial charge on any atom is -0.335 e. The number of carbonyl (C=O) groups excluding carboxylic acids is 2. The van der Waals surface area contributed by atoms with Crippen molar-refractivity contribution in [3.05, 3.63) is 99.4 Å². The van der Waals surface area contributed by atoms with Gasteiger partial charge in [-0.2, -0.15) is 39.5 Å². The maximum absolute atomic E-state index is 14.4. The second-order valence-corrected chi connectivity index (χ2v) is 13.3. The summed E-state index contributed by atoms with van der Waals surface area (Å²) >= 11 is 0. The number of amides is 2. The molecule has 2 heterocycles. The van der Waals surface area contributed by atoms with Crippen molar-refractivity contribution in [3.8, 4) is 0 Å². The number of benzene rings is 3. The molecule has 3 aromatic rings. The van der Waals surface area contributed by atoms with E-state index in [1.54, 1.807) is 0 Å². The van der Waals surface area contributed by atoms with Gasteiger partial charge in [0.05, 0.1) is 23.2 Å². The molecule has 2 atom stereocenters. The Morgan fingerprint density at radius 2 is 1.31 bits per heavy atom. The van der Waals surface area contributed by atoms with Crippen LogP contribution in [0.15, 0.2) is 54.6 Å². The van der Waals surface area contributed by atoms with Gasteiger partial charge in [0, 0.05) is 56.1 Å². The summed E-state index contributed by atoms with van der Waals surface area (Å²) in [5.41, 5.74) is -3.10. The van der Waals surface area contributed by atoms with E-state index < -0.39 is 58.5 Å². The van der Waals surface area contributed by atoms with E-state index in [2.05, 4.69) is 10.2 Å². The Balaban J connectivity index is 1.35. The monoisotopic (exact) mass is 746 g/mol. The van der Waals surface area contributed by atoms with Crippen LogP contribution >= 0.6 is 0 Å². The topological polar surface area (TPSA) is 55.9 Å². The van der Waals surface area contributed by atoms with Crippen molar-refractivity contribution in [3.63, 3.8) is 0 Å². The molecule has 0 unspecified atom stereocenters. The molecule has 0 spiro atoms. The van der Waals surface area contributed by atoms with E-state index in [-0.39, 0.29) is 55.9 Å². The van der Waals surface area contributed by atoms with E-state index in [4.69, 9.17) is 0 Å². The highest BCUT2D eigenvalue weighted by atomic mass is 19.4. The number of rotatable bonds is 7. The number of piperazine rings is 1. The summed E-state index contributed by atoms with van der Waals surface area (Å²) in [5.74, 6) is -2.55. The average Bonchev–Trinajstić information content (AvgIpc) is 3.05.